The largest absolute Gasteiger partial charge is 0.478 e. The van der Waals surface area contributed by atoms with Gasteiger partial charge in [-0.15, -0.1) is 0 Å². The molecule has 0 amide bonds. The molecule has 0 unspecified atom stereocenters. The minimum atomic E-state index is 0.0471. The van der Waals surface area contributed by atoms with Crippen LogP contribution in [0.2, 0.25) is 0 Å². The van der Waals surface area contributed by atoms with Crippen LogP contribution in [-0.4, -0.2) is 16.7 Å². The number of aryl methyl sites for hydroxylation is 1. The first kappa shape index (κ1) is 15.0. The number of aromatic nitrogens is 1. The fourth-order valence-electron chi connectivity index (χ4n) is 1.88. The van der Waals surface area contributed by atoms with Crippen LogP contribution in [0.15, 0.2) is 12.1 Å². The Balaban J connectivity index is 2.50. The van der Waals surface area contributed by atoms with E-state index in [1.807, 2.05) is 12.1 Å². The van der Waals surface area contributed by atoms with Crippen molar-refractivity contribution in [3.8, 4) is 5.88 Å². The molecule has 0 fully saturated rings. The molecule has 1 heterocycles. The van der Waals surface area contributed by atoms with Crippen molar-refractivity contribution in [1.82, 2.24) is 4.98 Å². The maximum Gasteiger partial charge on any atom is 0.213 e. The van der Waals surface area contributed by atoms with Gasteiger partial charge in [0.15, 0.2) is 0 Å². The summed E-state index contributed by atoms with van der Waals surface area (Å²) in [6.45, 7) is 5.08. The zero-order valence-electron chi connectivity index (χ0n) is 11.6. The highest BCUT2D eigenvalue weighted by atomic mass is 16.5. The van der Waals surface area contributed by atoms with E-state index in [2.05, 4.69) is 18.8 Å². The van der Waals surface area contributed by atoms with Gasteiger partial charge in [0.2, 0.25) is 5.88 Å². The van der Waals surface area contributed by atoms with Crippen molar-refractivity contribution in [3.63, 3.8) is 0 Å². The SMILES string of the molecule is CCCCCCOc1cc(CO)cc(CCC)n1. The first-order chi connectivity index (χ1) is 8.80. The van der Waals surface area contributed by atoms with Crippen molar-refractivity contribution in [2.75, 3.05) is 6.61 Å². The van der Waals surface area contributed by atoms with Gasteiger partial charge in [-0.1, -0.05) is 39.5 Å². The van der Waals surface area contributed by atoms with Crippen molar-refractivity contribution in [2.24, 2.45) is 0 Å². The van der Waals surface area contributed by atoms with E-state index >= 15 is 0 Å². The molecule has 0 aliphatic heterocycles. The lowest BCUT2D eigenvalue weighted by atomic mass is 10.2. The summed E-state index contributed by atoms with van der Waals surface area (Å²) in [4.78, 5) is 4.46. The van der Waals surface area contributed by atoms with Gasteiger partial charge in [0.05, 0.1) is 13.2 Å². The van der Waals surface area contributed by atoms with Crippen LogP contribution < -0.4 is 4.74 Å². The Morgan fingerprint density at radius 3 is 2.61 bits per heavy atom. The predicted molar refractivity (Wildman–Crippen MR) is 73.8 cm³/mol. The topological polar surface area (TPSA) is 42.4 Å². The van der Waals surface area contributed by atoms with E-state index in [1.165, 1.54) is 19.3 Å². The zero-order chi connectivity index (χ0) is 13.2. The molecular weight excluding hydrogens is 226 g/mol. The molecule has 1 aromatic rings. The molecule has 3 heteroatoms. The molecule has 0 saturated carbocycles. The van der Waals surface area contributed by atoms with Crippen molar-refractivity contribution in [2.45, 2.75) is 59.0 Å². The van der Waals surface area contributed by atoms with Crippen LogP contribution in [0.1, 0.15) is 57.2 Å². The lowest BCUT2D eigenvalue weighted by molar-refractivity contribution is 0.274. The highest BCUT2D eigenvalue weighted by Gasteiger charge is 2.03. The number of hydrogen-bond acceptors (Lipinski definition) is 3. The molecule has 102 valence electrons. The summed E-state index contributed by atoms with van der Waals surface area (Å²) < 4.78 is 5.66. The second-order valence-corrected chi connectivity index (χ2v) is 4.62. The molecule has 1 aromatic heterocycles. The number of nitrogens with zero attached hydrogens (tertiary/aromatic N) is 1. The van der Waals surface area contributed by atoms with Gasteiger partial charge in [-0.05, 0) is 24.5 Å². The van der Waals surface area contributed by atoms with Gasteiger partial charge in [-0.2, -0.15) is 0 Å². The first-order valence-electron chi connectivity index (χ1n) is 7.03. The molecule has 0 saturated heterocycles. The van der Waals surface area contributed by atoms with Crippen molar-refractivity contribution in [1.29, 1.82) is 0 Å². The van der Waals surface area contributed by atoms with Crippen molar-refractivity contribution in [3.05, 3.63) is 23.4 Å². The fourth-order valence-corrected chi connectivity index (χ4v) is 1.88. The van der Waals surface area contributed by atoms with Crippen LogP contribution in [0.3, 0.4) is 0 Å². The molecule has 0 aliphatic rings. The van der Waals surface area contributed by atoms with Crippen molar-refractivity contribution >= 4 is 0 Å². The Kier molecular flexibility index (Phi) is 7.42. The smallest absolute Gasteiger partial charge is 0.213 e. The maximum atomic E-state index is 9.21. The van der Waals surface area contributed by atoms with Crippen molar-refractivity contribution < 1.29 is 9.84 Å². The quantitative estimate of drug-likeness (QED) is 0.683. The van der Waals surface area contributed by atoms with E-state index in [4.69, 9.17) is 4.74 Å². The Labute approximate surface area is 110 Å². The number of aliphatic hydroxyl groups excluding tert-OH is 1. The normalized spacial score (nSPS) is 10.6. The number of rotatable bonds is 9. The van der Waals surface area contributed by atoms with Crippen LogP contribution in [0, 0.1) is 0 Å². The minimum absolute atomic E-state index is 0.0471. The minimum Gasteiger partial charge on any atom is -0.478 e. The Morgan fingerprint density at radius 2 is 1.94 bits per heavy atom. The third-order valence-electron chi connectivity index (χ3n) is 2.85. The summed E-state index contributed by atoms with van der Waals surface area (Å²) >= 11 is 0. The van der Waals surface area contributed by atoms with Gasteiger partial charge < -0.3 is 9.84 Å². The number of aliphatic hydroxyl groups is 1. The Hall–Kier alpha value is -1.09. The number of unbranched alkanes of at least 4 members (excludes halogenated alkanes) is 3. The molecule has 1 N–H and O–H groups in total. The van der Waals surface area contributed by atoms with Crippen LogP contribution in [0.4, 0.5) is 0 Å². The monoisotopic (exact) mass is 251 g/mol. The number of pyridine rings is 1. The molecular formula is C15H25NO2. The summed E-state index contributed by atoms with van der Waals surface area (Å²) in [5.41, 5.74) is 1.89. The third-order valence-corrected chi connectivity index (χ3v) is 2.85. The molecule has 0 aromatic carbocycles. The van der Waals surface area contributed by atoms with Gasteiger partial charge in [0.25, 0.3) is 0 Å². The predicted octanol–water partition coefficient (Wildman–Crippen LogP) is 3.49. The molecule has 0 atom stereocenters. The van der Waals surface area contributed by atoms with E-state index in [9.17, 15) is 5.11 Å². The van der Waals surface area contributed by atoms with E-state index in [0.717, 1.165) is 30.5 Å². The van der Waals surface area contributed by atoms with E-state index < -0.39 is 0 Å². The van der Waals surface area contributed by atoms with E-state index in [1.54, 1.807) is 0 Å². The number of hydrogen-bond donors (Lipinski definition) is 1. The van der Waals surface area contributed by atoms with Gasteiger partial charge in [0, 0.05) is 11.8 Å². The fraction of sp³-hybridized carbons (Fsp3) is 0.667. The lowest BCUT2D eigenvalue weighted by Crippen LogP contribution is -2.02. The Bertz CT molecular complexity index is 339. The first-order valence-corrected chi connectivity index (χ1v) is 7.03. The van der Waals surface area contributed by atoms with Crippen LogP contribution in [0.5, 0.6) is 5.88 Å². The summed E-state index contributed by atoms with van der Waals surface area (Å²) in [7, 11) is 0. The lowest BCUT2D eigenvalue weighted by Gasteiger charge is -2.09. The molecule has 0 aliphatic carbocycles. The molecule has 0 spiro atoms. The summed E-state index contributed by atoms with van der Waals surface area (Å²) in [6.07, 6.45) is 6.76. The standard InChI is InChI=1S/C15H25NO2/c1-3-5-6-7-9-18-15-11-13(12-17)10-14(16-15)8-4-2/h10-11,17H,3-9,12H2,1-2H3. The molecule has 0 radical (unpaired) electrons. The molecule has 0 bridgehead atoms. The van der Waals surface area contributed by atoms with Gasteiger partial charge in [0.1, 0.15) is 0 Å². The van der Waals surface area contributed by atoms with Gasteiger partial charge in [-0.25, -0.2) is 4.98 Å². The van der Waals surface area contributed by atoms with Gasteiger partial charge in [-0.3, -0.25) is 0 Å². The highest BCUT2D eigenvalue weighted by Crippen LogP contribution is 2.15. The molecule has 1 rings (SSSR count). The molecule has 18 heavy (non-hydrogen) atoms. The Morgan fingerprint density at radius 1 is 1.11 bits per heavy atom. The van der Waals surface area contributed by atoms with Gasteiger partial charge >= 0.3 is 0 Å². The maximum absolute atomic E-state index is 9.21. The second-order valence-electron chi connectivity index (χ2n) is 4.62. The zero-order valence-corrected chi connectivity index (χ0v) is 11.6. The summed E-state index contributed by atoms with van der Waals surface area (Å²) in [6, 6.07) is 3.78. The summed E-state index contributed by atoms with van der Waals surface area (Å²) in [5.74, 6) is 0.654. The highest BCUT2D eigenvalue weighted by molar-refractivity contribution is 5.24. The van der Waals surface area contributed by atoms with Crippen LogP contribution in [0.25, 0.3) is 0 Å². The average Bonchev–Trinajstić information content (AvgIpc) is 2.38. The molecule has 3 nitrogen and oxygen atoms in total. The van der Waals surface area contributed by atoms with E-state index in [0.29, 0.717) is 12.5 Å². The van der Waals surface area contributed by atoms with Crippen LogP contribution >= 0.6 is 0 Å². The van der Waals surface area contributed by atoms with Crippen LogP contribution in [-0.2, 0) is 13.0 Å². The average molecular weight is 251 g/mol. The summed E-state index contributed by atoms with van der Waals surface area (Å²) in [5, 5.41) is 9.21. The third kappa shape index (κ3) is 5.50. The number of ether oxygens (including phenoxy) is 1. The van der Waals surface area contributed by atoms with E-state index in [-0.39, 0.29) is 6.61 Å². The second kappa shape index (κ2) is 8.92.